The molecule has 0 saturated heterocycles. The highest BCUT2D eigenvalue weighted by atomic mass is 79.9. The molecular weight excluding hydrogens is 380 g/mol. The summed E-state index contributed by atoms with van der Waals surface area (Å²) in [5, 5.41) is 0. The van der Waals surface area contributed by atoms with Crippen molar-refractivity contribution in [2.24, 2.45) is 5.92 Å². The van der Waals surface area contributed by atoms with Crippen molar-refractivity contribution in [3.05, 3.63) is 22.2 Å². The summed E-state index contributed by atoms with van der Waals surface area (Å²) in [7, 11) is -3.66. The lowest BCUT2D eigenvalue weighted by atomic mass is 10.2. The van der Waals surface area contributed by atoms with Crippen LogP contribution in [0, 0.1) is 5.92 Å². The minimum atomic E-state index is -3.66. The van der Waals surface area contributed by atoms with Crippen LogP contribution in [0.3, 0.4) is 0 Å². The van der Waals surface area contributed by atoms with Crippen LogP contribution in [-0.2, 0) is 21.2 Å². The number of nitrogens with zero attached hydrogens (tertiary/aromatic N) is 1. The molecule has 1 atom stereocenters. The summed E-state index contributed by atoms with van der Waals surface area (Å²) >= 11 is 3.39. The van der Waals surface area contributed by atoms with E-state index in [2.05, 4.69) is 20.7 Å². The van der Waals surface area contributed by atoms with Crippen molar-refractivity contribution in [2.45, 2.75) is 50.5 Å². The van der Waals surface area contributed by atoms with Crippen molar-refractivity contribution >= 4 is 37.5 Å². The molecule has 1 heterocycles. The molecule has 1 aromatic carbocycles. The first-order valence-corrected chi connectivity index (χ1v) is 10.3. The second-order valence-electron chi connectivity index (χ2n) is 6.36. The smallest absolute Gasteiger partial charge is 0.242 e. The summed E-state index contributed by atoms with van der Waals surface area (Å²) in [5.74, 6) is 0.133. The van der Waals surface area contributed by atoms with Gasteiger partial charge < -0.3 is 4.90 Å². The second-order valence-corrected chi connectivity index (χ2v) is 8.95. The third-order valence-corrected chi connectivity index (χ3v) is 6.50. The zero-order chi connectivity index (χ0) is 16.8. The minimum Gasteiger partial charge on any atom is -0.310 e. The highest BCUT2D eigenvalue weighted by Gasteiger charge is 2.39. The van der Waals surface area contributed by atoms with E-state index >= 15 is 0 Å². The average Bonchev–Trinajstić information content (AvgIpc) is 3.25. The van der Waals surface area contributed by atoms with E-state index in [4.69, 9.17) is 0 Å². The standard InChI is InChI=1S/C16H21BrN2O3S/c1-3-10(2)18-23(21,22)14-9-13(17)8-12-6-7-19(15(12)14)16(20)11-4-5-11/h8-11,18H,3-7H2,1-2H3. The monoisotopic (exact) mass is 400 g/mol. The van der Waals surface area contributed by atoms with Crippen molar-refractivity contribution in [1.82, 2.24) is 4.72 Å². The molecule has 23 heavy (non-hydrogen) atoms. The van der Waals surface area contributed by atoms with Crippen LogP contribution in [-0.4, -0.2) is 26.9 Å². The molecule has 0 aromatic heterocycles. The van der Waals surface area contributed by atoms with Gasteiger partial charge >= 0.3 is 0 Å². The molecule has 0 spiro atoms. The Bertz CT molecular complexity index is 744. The first kappa shape index (κ1) is 16.9. The van der Waals surface area contributed by atoms with Crippen LogP contribution in [0.1, 0.15) is 38.7 Å². The third-order valence-electron chi connectivity index (χ3n) is 4.44. The lowest BCUT2D eigenvalue weighted by Gasteiger charge is -2.22. The largest absolute Gasteiger partial charge is 0.310 e. The number of carbonyl (C=O) groups is 1. The number of benzene rings is 1. The van der Waals surface area contributed by atoms with E-state index in [1.165, 1.54) is 0 Å². The number of nitrogens with one attached hydrogen (secondary N) is 1. The number of hydrogen-bond acceptors (Lipinski definition) is 3. The predicted molar refractivity (Wildman–Crippen MR) is 93.0 cm³/mol. The second kappa shape index (κ2) is 6.18. The van der Waals surface area contributed by atoms with Crippen LogP contribution in [0.25, 0.3) is 0 Å². The maximum absolute atomic E-state index is 12.8. The van der Waals surface area contributed by atoms with Crippen LogP contribution in [0.5, 0.6) is 0 Å². The Morgan fingerprint density at radius 1 is 1.43 bits per heavy atom. The Balaban J connectivity index is 2.05. The van der Waals surface area contributed by atoms with Gasteiger partial charge in [-0.25, -0.2) is 13.1 Å². The fourth-order valence-electron chi connectivity index (χ4n) is 2.86. The highest BCUT2D eigenvalue weighted by Crippen LogP contribution is 2.41. The van der Waals surface area contributed by atoms with Gasteiger partial charge in [0.15, 0.2) is 0 Å². The van der Waals surface area contributed by atoms with Crippen LogP contribution < -0.4 is 9.62 Å². The van der Waals surface area contributed by atoms with E-state index in [0.717, 1.165) is 22.9 Å². The minimum absolute atomic E-state index is 0.0612. The Kier molecular flexibility index (Phi) is 4.55. The van der Waals surface area contributed by atoms with Crippen molar-refractivity contribution < 1.29 is 13.2 Å². The molecule has 3 rings (SSSR count). The van der Waals surface area contributed by atoms with Crippen molar-refractivity contribution in [2.75, 3.05) is 11.4 Å². The van der Waals surface area contributed by atoms with E-state index in [9.17, 15) is 13.2 Å². The molecule has 0 bridgehead atoms. The van der Waals surface area contributed by atoms with Gasteiger partial charge in [0.05, 0.1) is 5.69 Å². The number of rotatable bonds is 5. The summed E-state index contributed by atoms with van der Waals surface area (Å²) in [6.07, 6.45) is 3.22. The van der Waals surface area contributed by atoms with Gasteiger partial charge in [-0.1, -0.05) is 22.9 Å². The maximum atomic E-state index is 12.8. The highest BCUT2D eigenvalue weighted by molar-refractivity contribution is 9.10. The molecule has 1 N–H and O–H groups in total. The molecule has 1 aliphatic carbocycles. The molecule has 2 aliphatic rings. The topological polar surface area (TPSA) is 66.5 Å². The van der Waals surface area contributed by atoms with Gasteiger partial charge in [-0.05, 0) is 50.3 Å². The zero-order valence-corrected chi connectivity index (χ0v) is 15.7. The van der Waals surface area contributed by atoms with Crippen LogP contribution in [0.4, 0.5) is 5.69 Å². The molecule has 1 fully saturated rings. The third kappa shape index (κ3) is 3.32. The molecule has 1 unspecified atom stereocenters. The zero-order valence-electron chi connectivity index (χ0n) is 13.3. The lowest BCUT2D eigenvalue weighted by molar-refractivity contribution is -0.119. The number of anilines is 1. The number of amides is 1. The van der Waals surface area contributed by atoms with E-state index in [-0.39, 0.29) is 22.8 Å². The van der Waals surface area contributed by atoms with Gasteiger partial charge in [-0.2, -0.15) is 0 Å². The average molecular weight is 401 g/mol. The molecule has 7 heteroatoms. The Labute approximate surface area is 145 Å². The number of halogens is 1. The Morgan fingerprint density at radius 2 is 2.13 bits per heavy atom. The first-order valence-electron chi connectivity index (χ1n) is 7.99. The molecular formula is C16H21BrN2O3S. The van der Waals surface area contributed by atoms with E-state index in [0.29, 0.717) is 25.1 Å². The van der Waals surface area contributed by atoms with E-state index in [1.807, 2.05) is 19.9 Å². The summed E-state index contributed by atoms with van der Waals surface area (Å²) in [4.78, 5) is 14.4. The summed E-state index contributed by atoms with van der Waals surface area (Å²) in [6.45, 7) is 4.33. The lowest BCUT2D eigenvalue weighted by Crippen LogP contribution is -2.35. The predicted octanol–water partition coefficient (Wildman–Crippen LogP) is 2.83. The first-order chi connectivity index (χ1) is 10.8. The van der Waals surface area contributed by atoms with Gasteiger partial charge in [0.25, 0.3) is 0 Å². The number of hydrogen-bond donors (Lipinski definition) is 1. The van der Waals surface area contributed by atoms with Gasteiger partial charge in [-0.15, -0.1) is 0 Å². The quantitative estimate of drug-likeness (QED) is 0.825. The summed E-state index contributed by atoms with van der Waals surface area (Å²) in [5.41, 5.74) is 1.49. The molecule has 0 radical (unpaired) electrons. The molecule has 126 valence electrons. The number of carbonyl (C=O) groups excluding carboxylic acids is 1. The Hall–Kier alpha value is -0.920. The van der Waals surface area contributed by atoms with E-state index in [1.54, 1.807) is 11.0 Å². The summed E-state index contributed by atoms with van der Waals surface area (Å²) < 4.78 is 29.0. The van der Waals surface area contributed by atoms with Gasteiger partial charge in [0.1, 0.15) is 4.90 Å². The van der Waals surface area contributed by atoms with Crippen molar-refractivity contribution in [3.8, 4) is 0 Å². The number of sulfonamides is 1. The Morgan fingerprint density at radius 3 is 2.74 bits per heavy atom. The van der Waals surface area contributed by atoms with Crippen LogP contribution in [0.2, 0.25) is 0 Å². The van der Waals surface area contributed by atoms with E-state index < -0.39 is 10.0 Å². The molecule has 1 aromatic rings. The fraction of sp³-hybridized carbons (Fsp3) is 0.562. The van der Waals surface area contributed by atoms with Gasteiger partial charge in [-0.3, -0.25) is 4.79 Å². The van der Waals surface area contributed by atoms with Crippen molar-refractivity contribution in [1.29, 1.82) is 0 Å². The van der Waals surface area contributed by atoms with Crippen LogP contribution >= 0.6 is 15.9 Å². The molecule has 1 saturated carbocycles. The maximum Gasteiger partial charge on any atom is 0.242 e. The number of fused-ring (bicyclic) bond motifs is 1. The molecule has 5 nitrogen and oxygen atoms in total. The SMILES string of the molecule is CCC(C)NS(=O)(=O)c1cc(Br)cc2c1N(C(=O)C1CC1)CC2. The normalized spacial score (nSPS) is 18.8. The van der Waals surface area contributed by atoms with Gasteiger partial charge in [0, 0.05) is 23.0 Å². The van der Waals surface area contributed by atoms with Gasteiger partial charge in [0.2, 0.25) is 15.9 Å². The molecule has 1 aliphatic heterocycles. The summed E-state index contributed by atoms with van der Waals surface area (Å²) in [6, 6.07) is 3.36. The fourth-order valence-corrected chi connectivity index (χ4v) is 5.11. The molecule has 1 amide bonds. The van der Waals surface area contributed by atoms with Crippen molar-refractivity contribution in [3.63, 3.8) is 0 Å². The van der Waals surface area contributed by atoms with Crippen LogP contribution in [0.15, 0.2) is 21.5 Å².